The fourth-order valence-corrected chi connectivity index (χ4v) is 6.78. The molecule has 0 atom stereocenters. The Bertz CT molecular complexity index is 1450. The van der Waals surface area contributed by atoms with Crippen molar-refractivity contribution in [2.45, 2.75) is 19.6 Å². The highest BCUT2D eigenvalue weighted by Crippen LogP contribution is 2.40. The first-order chi connectivity index (χ1) is 14.9. The molecule has 0 saturated carbocycles. The van der Waals surface area contributed by atoms with Crippen molar-refractivity contribution < 1.29 is 26.7 Å². The van der Waals surface area contributed by atoms with Crippen LogP contribution < -0.4 is 0 Å². The fraction of sp³-hybridized carbons (Fsp3) is 0. The number of hydrogen-bond acceptors (Lipinski definition) is 8. The number of sulfone groups is 2. The maximum absolute atomic E-state index is 13.3. The van der Waals surface area contributed by atoms with Crippen LogP contribution in [0.4, 0.5) is 11.4 Å². The molecule has 0 amide bonds. The fourth-order valence-electron chi connectivity index (χ4n) is 2.76. The zero-order valence-corrected chi connectivity index (χ0v) is 20.3. The largest absolute Gasteiger partial charge is 0.296 e. The predicted molar refractivity (Wildman–Crippen MR) is 119 cm³/mol. The van der Waals surface area contributed by atoms with Crippen molar-refractivity contribution >= 4 is 62.9 Å². The summed E-state index contributed by atoms with van der Waals surface area (Å²) in [5.74, 6) is 0. The molecule has 166 valence electrons. The molecule has 10 nitrogen and oxygen atoms in total. The van der Waals surface area contributed by atoms with Gasteiger partial charge >= 0.3 is 0 Å². The van der Waals surface area contributed by atoms with Gasteiger partial charge in [-0.05, 0) is 48.5 Å². The molecule has 0 unspecified atom stereocenters. The van der Waals surface area contributed by atoms with Gasteiger partial charge in [0.1, 0.15) is 4.90 Å². The number of benzene rings is 3. The topological polar surface area (TPSA) is 155 Å². The second-order valence-corrected chi connectivity index (χ2v) is 11.9. The van der Waals surface area contributed by atoms with Crippen molar-refractivity contribution in [2.75, 3.05) is 0 Å². The van der Waals surface area contributed by atoms with E-state index in [-0.39, 0.29) is 0 Å². The standard InChI is InChI=1S/C18H10Br2N2O8S2/c19-11-1-5-14(6-2-11)31(27,28)17-10-13(21(23)24)9-16(22(25)26)18(17)32(29,30)15-7-3-12(20)4-8-15/h1-10H. The molecule has 3 aromatic carbocycles. The summed E-state index contributed by atoms with van der Waals surface area (Å²) in [5, 5.41) is 23.0. The Morgan fingerprint density at radius 3 is 1.50 bits per heavy atom. The van der Waals surface area contributed by atoms with Crippen LogP contribution in [0.5, 0.6) is 0 Å². The quantitative estimate of drug-likeness (QED) is 0.289. The van der Waals surface area contributed by atoms with Crippen molar-refractivity contribution in [3.8, 4) is 0 Å². The molecule has 0 N–H and O–H groups in total. The van der Waals surface area contributed by atoms with Crippen LogP contribution >= 0.6 is 31.9 Å². The Morgan fingerprint density at radius 2 is 1.09 bits per heavy atom. The highest BCUT2D eigenvalue weighted by Gasteiger charge is 2.39. The molecular weight excluding hydrogens is 596 g/mol. The van der Waals surface area contributed by atoms with Gasteiger partial charge in [-0.15, -0.1) is 0 Å². The lowest BCUT2D eigenvalue weighted by molar-refractivity contribution is -0.396. The van der Waals surface area contributed by atoms with Gasteiger partial charge in [-0.1, -0.05) is 31.9 Å². The van der Waals surface area contributed by atoms with Gasteiger partial charge in [0, 0.05) is 15.0 Å². The first kappa shape index (κ1) is 24.0. The minimum absolute atomic E-state index is 0.400. The molecule has 0 bridgehead atoms. The number of non-ortho nitro benzene ring substituents is 1. The van der Waals surface area contributed by atoms with E-state index >= 15 is 0 Å². The van der Waals surface area contributed by atoms with E-state index in [0.29, 0.717) is 21.1 Å². The summed E-state index contributed by atoms with van der Waals surface area (Å²) in [7, 11) is -9.49. The van der Waals surface area contributed by atoms with E-state index in [1.807, 2.05) is 0 Å². The van der Waals surface area contributed by atoms with Crippen LogP contribution in [0.2, 0.25) is 0 Å². The summed E-state index contributed by atoms with van der Waals surface area (Å²) in [4.78, 5) is 17.8. The van der Waals surface area contributed by atoms with Gasteiger partial charge in [0.25, 0.3) is 11.4 Å². The van der Waals surface area contributed by atoms with Crippen molar-refractivity contribution in [1.82, 2.24) is 0 Å². The second kappa shape index (κ2) is 8.69. The predicted octanol–water partition coefficient (Wildman–Crippen LogP) is 4.69. The van der Waals surface area contributed by atoms with Crippen molar-refractivity contribution in [1.29, 1.82) is 0 Å². The van der Waals surface area contributed by atoms with Gasteiger partial charge in [0.2, 0.25) is 19.7 Å². The summed E-state index contributed by atoms with van der Waals surface area (Å²) in [6.45, 7) is 0. The molecule has 3 rings (SSSR count). The number of hydrogen-bond donors (Lipinski definition) is 0. The lowest BCUT2D eigenvalue weighted by Crippen LogP contribution is -2.14. The summed E-state index contributed by atoms with van der Waals surface area (Å²) >= 11 is 6.28. The zero-order valence-electron chi connectivity index (χ0n) is 15.5. The first-order valence-corrected chi connectivity index (χ1v) is 12.9. The molecule has 0 aliphatic heterocycles. The van der Waals surface area contributed by atoms with Gasteiger partial charge in [0.05, 0.1) is 25.7 Å². The molecule has 0 radical (unpaired) electrons. The Hall–Kier alpha value is -2.68. The highest BCUT2D eigenvalue weighted by atomic mass is 79.9. The highest BCUT2D eigenvalue weighted by molar-refractivity contribution is 9.10. The van der Waals surface area contributed by atoms with Crippen LogP contribution in [0, 0.1) is 20.2 Å². The molecule has 0 saturated heterocycles. The van der Waals surface area contributed by atoms with Gasteiger partial charge in [-0.25, -0.2) is 16.8 Å². The van der Waals surface area contributed by atoms with Crippen LogP contribution in [0.15, 0.2) is 89.2 Å². The number of nitro groups is 2. The summed E-state index contributed by atoms with van der Waals surface area (Å²) in [5.41, 5.74) is -2.17. The van der Waals surface area contributed by atoms with E-state index in [1.165, 1.54) is 24.3 Å². The Morgan fingerprint density at radius 1 is 0.656 bits per heavy atom. The summed E-state index contributed by atoms with van der Waals surface area (Å²) in [6.07, 6.45) is 0. The molecule has 0 aliphatic carbocycles. The Labute approximate surface area is 198 Å². The van der Waals surface area contributed by atoms with Gasteiger partial charge < -0.3 is 0 Å². The van der Waals surface area contributed by atoms with Crippen molar-refractivity contribution in [2.24, 2.45) is 0 Å². The normalized spacial score (nSPS) is 11.8. The molecule has 0 heterocycles. The maximum atomic E-state index is 13.3. The van der Waals surface area contributed by atoms with Gasteiger partial charge in [-0.3, -0.25) is 20.2 Å². The van der Waals surface area contributed by atoms with E-state index in [1.54, 1.807) is 0 Å². The number of nitrogens with zero attached hydrogens (tertiary/aromatic N) is 2. The lowest BCUT2D eigenvalue weighted by atomic mass is 10.3. The molecule has 0 fully saturated rings. The third-order valence-electron chi connectivity index (χ3n) is 4.23. The average molecular weight is 606 g/mol. The molecule has 14 heteroatoms. The minimum Gasteiger partial charge on any atom is -0.258 e. The van der Waals surface area contributed by atoms with E-state index in [4.69, 9.17) is 0 Å². The van der Waals surface area contributed by atoms with E-state index in [2.05, 4.69) is 31.9 Å². The monoisotopic (exact) mass is 604 g/mol. The molecule has 3 aromatic rings. The minimum atomic E-state index is -4.78. The zero-order chi connectivity index (χ0) is 23.8. The first-order valence-electron chi connectivity index (χ1n) is 8.34. The van der Waals surface area contributed by atoms with Crippen molar-refractivity contribution in [3.63, 3.8) is 0 Å². The van der Waals surface area contributed by atoms with Crippen LogP contribution in [0.25, 0.3) is 0 Å². The molecule has 0 aromatic heterocycles. The van der Waals surface area contributed by atoms with Crippen LogP contribution in [0.1, 0.15) is 0 Å². The number of nitro benzene ring substituents is 2. The van der Waals surface area contributed by atoms with E-state index in [9.17, 15) is 37.1 Å². The van der Waals surface area contributed by atoms with Gasteiger partial charge in [0.15, 0.2) is 4.90 Å². The maximum Gasteiger partial charge on any atom is 0.296 e. The van der Waals surface area contributed by atoms with Crippen molar-refractivity contribution in [3.05, 3.63) is 89.8 Å². The van der Waals surface area contributed by atoms with Crippen LogP contribution in [-0.2, 0) is 19.7 Å². The van der Waals surface area contributed by atoms with Crippen LogP contribution in [0.3, 0.4) is 0 Å². The molecule has 32 heavy (non-hydrogen) atoms. The second-order valence-electron chi connectivity index (χ2n) is 6.22. The lowest BCUT2D eigenvalue weighted by Gasteiger charge is -2.12. The molecule has 0 aliphatic rings. The third-order valence-corrected chi connectivity index (χ3v) is 9.07. The number of rotatable bonds is 6. The number of halogens is 2. The van der Waals surface area contributed by atoms with E-state index in [0.717, 1.165) is 24.3 Å². The SMILES string of the molecule is O=[N+]([O-])c1cc([N+](=O)[O-])c(S(=O)(=O)c2ccc(Br)cc2)c(S(=O)(=O)c2ccc(Br)cc2)c1. The Balaban J connectivity index is 2.47. The third kappa shape index (κ3) is 4.44. The van der Waals surface area contributed by atoms with Crippen LogP contribution in [-0.4, -0.2) is 26.7 Å². The summed E-state index contributed by atoms with van der Waals surface area (Å²) < 4.78 is 54.3. The van der Waals surface area contributed by atoms with E-state index < -0.39 is 60.5 Å². The molecular formula is C18H10Br2N2O8S2. The average Bonchev–Trinajstić information content (AvgIpc) is 2.73. The smallest absolute Gasteiger partial charge is 0.258 e. The van der Waals surface area contributed by atoms with Gasteiger partial charge in [-0.2, -0.15) is 0 Å². The molecule has 0 spiro atoms. The summed E-state index contributed by atoms with van der Waals surface area (Å²) in [6, 6.07) is 10.9. The Kier molecular flexibility index (Phi) is 6.51.